The highest BCUT2D eigenvalue weighted by Gasteiger charge is 2.28. The van der Waals surface area contributed by atoms with Crippen LogP contribution in [0, 0.1) is 19.8 Å². The number of amides is 2. The lowest BCUT2D eigenvalue weighted by Crippen LogP contribution is -2.45. The molecule has 1 unspecified atom stereocenters. The number of carbonyl (C=O) groups excluding carboxylic acids is 1. The van der Waals surface area contributed by atoms with Crippen molar-refractivity contribution in [3.05, 3.63) is 17.0 Å². The fourth-order valence-corrected chi connectivity index (χ4v) is 4.69. The lowest BCUT2D eigenvalue weighted by molar-refractivity contribution is 0.132. The first kappa shape index (κ1) is 19.2. The first-order chi connectivity index (χ1) is 12.5. The second-order valence-corrected chi connectivity index (χ2v) is 8.24. The van der Waals surface area contributed by atoms with E-state index in [1.807, 2.05) is 20.9 Å². The van der Waals surface area contributed by atoms with Gasteiger partial charge in [0.15, 0.2) is 0 Å². The number of piperidine rings is 1. The number of aromatic nitrogens is 2. The summed E-state index contributed by atoms with van der Waals surface area (Å²) in [5.74, 6) is 0.609. The number of H-pyrrole nitrogens is 1. The standard InChI is InChI=1S/C20H35N5O/c1-14-19(15(2)23-22-14)16(3)24(4)20(26)21-13-17-9-11-25(12-10-17)18-7-5-6-8-18/h16-18H,5-13H2,1-4H3,(H,21,26)(H,22,23). The van der Waals surface area contributed by atoms with Gasteiger partial charge in [0.1, 0.15) is 0 Å². The van der Waals surface area contributed by atoms with Gasteiger partial charge >= 0.3 is 6.03 Å². The molecule has 1 aromatic heterocycles. The van der Waals surface area contributed by atoms with Gasteiger partial charge in [0.25, 0.3) is 0 Å². The Morgan fingerprint density at radius 3 is 2.50 bits per heavy atom. The number of likely N-dealkylation sites (tertiary alicyclic amines) is 1. The molecule has 2 fully saturated rings. The van der Waals surface area contributed by atoms with Crippen molar-refractivity contribution in [1.29, 1.82) is 0 Å². The van der Waals surface area contributed by atoms with E-state index in [2.05, 4.69) is 27.3 Å². The normalized spacial score (nSPS) is 21.1. The van der Waals surface area contributed by atoms with Crippen molar-refractivity contribution < 1.29 is 4.79 Å². The number of rotatable bonds is 5. The van der Waals surface area contributed by atoms with E-state index in [0.717, 1.165) is 29.5 Å². The summed E-state index contributed by atoms with van der Waals surface area (Å²) >= 11 is 0. The second kappa shape index (κ2) is 8.42. The van der Waals surface area contributed by atoms with Gasteiger partial charge < -0.3 is 15.1 Å². The van der Waals surface area contributed by atoms with Gasteiger partial charge in [0.05, 0.1) is 11.7 Å². The van der Waals surface area contributed by atoms with E-state index in [1.165, 1.54) is 51.6 Å². The number of aryl methyl sites for hydroxylation is 2. The second-order valence-electron chi connectivity index (χ2n) is 8.24. The summed E-state index contributed by atoms with van der Waals surface area (Å²) in [6.07, 6.45) is 7.99. The minimum absolute atomic E-state index is 0.00993. The highest BCUT2D eigenvalue weighted by Crippen LogP contribution is 2.28. The third-order valence-corrected chi connectivity index (χ3v) is 6.54. The molecule has 2 N–H and O–H groups in total. The van der Waals surface area contributed by atoms with Crippen LogP contribution in [0.25, 0.3) is 0 Å². The van der Waals surface area contributed by atoms with Gasteiger partial charge in [-0.1, -0.05) is 12.8 Å². The Bertz CT molecular complexity index is 580. The largest absolute Gasteiger partial charge is 0.338 e. The molecule has 3 rings (SSSR count). The van der Waals surface area contributed by atoms with Gasteiger partial charge in [-0.05, 0) is 65.5 Å². The molecule has 0 bridgehead atoms. The number of aromatic amines is 1. The van der Waals surface area contributed by atoms with Crippen molar-refractivity contribution in [2.24, 2.45) is 5.92 Å². The Kier molecular flexibility index (Phi) is 6.22. The van der Waals surface area contributed by atoms with E-state index in [0.29, 0.717) is 5.92 Å². The average molecular weight is 362 g/mol. The molecule has 2 heterocycles. The van der Waals surface area contributed by atoms with Crippen LogP contribution in [-0.2, 0) is 0 Å². The Morgan fingerprint density at radius 2 is 1.92 bits per heavy atom. The maximum absolute atomic E-state index is 12.6. The van der Waals surface area contributed by atoms with Gasteiger partial charge in [-0.15, -0.1) is 0 Å². The van der Waals surface area contributed by atoms with Crippen molar-refractivity contribution in [2.45, 2.75) is 71.4 Å². The summed E-state index contributed by atoms with van der Waals surface area (Å²) < 4.78 is 0. The number of carbonyl (C=O) groups is 1. The van der Waals surface area contributed by atoms with E-state index in [4.69, 9.17) is 0 Å². The van der Waals surface area contributed by atoms with Crippen LogP contribution in [0.4, 0.5) is 4.79 Å². The summed E-state index contributed by atoms with van der Waals surface area (Å²) in [5.41, 5.74) is 3.12. The van der Waals surface area contributed by atoms with Crippen LogP contribution in [-0.4, -0.2) is 58.8 Å². The number of nitrogens with zero attached hydrogens (tertiary/aromatic N) is 3. The molecule has 0 spiro atoms. The van der Waals surface area contributed by atoms with Crippen LogP contribution < -0.4 is 5.32 Å². The topological polar surface area (TPSA) is 64.3 Å². The Hall–Kier alpha value is -1.56. The smallest absolute Gasteiger partial charge is 0.317 e. The molecule has 146 valence electrons. The first-order valence-electron chi connectivity index (χ1n) is 10.2. The van der Waals surface area contributed by atoms with Crippen molar-refractivity contribution in [3.8, 4) is 0 Å². The Morgan fingerprint density at radius 1 is 1.27 bits per heavy atom. The Labute approximate surface area is 157 Å². The predicted molar refractivity (Wildman–Crippen MR) is 104 cm³/mol. The van der Waals surface area contributed by atoms with E-state index >= 15 is 0 Å². The maximum atomic E-state index is 12.6. The third-order valence-electron chi connectivity index (χ3n) is 6.54. The molecule has 6 nitrogen and oxygen atoms in total. The molecule has 2 aliphatic rings. The first-order valence-corrected chi connectivity index (χ1v) is 10.2. The number of urea groups is 1. The molecule has 1 aliphatic heterocycles. The van der Waals surface area contributed by atoms with Gasteiger partial charge in [-0.25, -0.2) is 4.79 Å². The van der Waals surface area contributed by atoms with Crippen LogP contribution >= 0.6 is 0 Å². The zero-order chi connectivity index (χ0) is 18.7. The van der Waals surface area contributed by atoms with Crippen LogP contribution in [0.5, 0.6) is 0 Å². The fraction of sp³-hybridized carbons (Fsp3) is 0.800. The molecular weight excluding hydrogens is 326 g/mol. The average Bonchev–Trinajstić information content (AvgIpc) is 3.29. The van der Waals surface area contributed by atoms with Crippen molar-refractivity contribution in [3.63, 3.8) is 0 Å². The monoisotopic (exact) mass is 361 g/mol. The SMILES string of the molecule is Cc1n[nH]c(C)c1C(C)N(C)C(=O)NCC1CCN(C2CCCC2)CC1. The lowest BCUT2D eigenvalue weighted by atomic mass is 9.95. The molecule has 6 heteroatoms. The summed E-state index contributed by atoms with van der Waals surface area (Å²) in [6.45, 7) is 9.24. The molecule has 2 amide bonds. The minimum Gasteiger partial charge on any atom is -0.338 e. The van der Waals surface area contributed by atoms with E-state index in [-0.39, 0.29) is 12.1 Å². The zero-order valence-electron chi connectivity index (χ0n) is 16.8. The quantitative estimate of drug-likeness (QED) is 0.845. The summed E-state index contributed by atoms with van der Waals surface area (Å²) in [6, 6.07) is 0.854. The third kappa shape index (κ3) is 4.22. The number of hydrogen-bond donors (Lipinski definition) is 2. The van der Waals surface area contributed by atoms with Crippen LogP contribution in [0.2, 0.25) is 0 Å². The molecule has 1 saturated carbocycles. The van der Waals surface area contributed by atoms with Crippen molar-refractivity contribution in [2.75, 3.05) is 26.7 Å². The highest BCUT2D eigenvalue weighted by molar-refractivity contribution is 5.74. The lowest BCUT2D eigenvalue weighted by Gasteiger charge is -2.36. The molecule has 26 heavy (non-hydrogen) atoms. The Balaban J connectivity index is 1.44. The van der Waals surface area contributed by atoms with Crippen LogP contribution in [0.3, 0.4) is 0 Å². The van der Waals surface area contributed by atoms with Crippen LogP contribution in [0.1, 0.15) is 68.4 Å². The van der Waals surface area contributed by atoms with E-state index < -0.39 is 0 Å². The molecule has 1 aromatic rings. The summed E-state index contributed by atoms with van der Waals surface area (Å²) in [7, 11) is 1.87. The minimum atomic E-state index is 0.00993. The molecule has 1 atom stereocenters. The highest BCUT2D eigenvalue weighted by atomic mass is 16.2. The van der Waals surface area contributed by atoms with Crippen molar-refractivity contribution >= 4 is 6.03 Å². The van der Waals surface area contributed by atoms with E-state index in [1.54, 1.807) is 4.90 Å². The maximum Gasteiger partial charge on any atom is 0.317 e. The van der Waals surface area contributed by atoms with Gasteiger partial charge in [-0.3, -0.25) is 5.10 Å². The van der Waals surface area contributed by atoms with Crippen molar-refractivity contribution in [1.82, 2.24) is 25.3 Å². The number of nitrogens with one attached hydrogen (secondary N) is 2. The van der Waals surface area contributed by atoms with Gasteiger partial charge in [0.2, 0.25) is 0 Å². The fourth-order valence-electron chi connectivity index (χ4n) is 4.69. The summed E-state index contributed by atoms with van der Waals surface area (Å²) in [5, 5.41) is 10.4. The predicted octanol–water partition coefficient (Wildman–Crippen LogP) is 3.38. The molecular formula is C20H35N5O. The zero-order valence-corrected chi connectivity index (χ0v) is 16.8. The van der Waals surface area contributed by atoms with Gasteiger partial charge in [-0.2, -0.15) is 5.10 Å². The molecule has 0 radical (unpaired) electrons. The van der Waals surface area contributed by atoms with Crippen LogP contribution in [0.15, 0.2) is 0 Å². The molecule has 0 aromatic carbocycles. The summed E-state index contributed by atoms with van der Waals surface area (Å²) in [4.78, 5) is 17.1. The molecule has 1 aliphatic carbocycles. The number of hydrogen-bond acceptors (Lipinski definition) is 3. The van der Waals surface area contributed by atoms with E-state index in [9.17, 15) is 4.79 Å². The van der Waals surface area contributed by atoms with Gasteiger partial charge in [0, 0.05) is 30.9 Å². The molecule has 1 saturated heterocycles.